The van der Waals surface area contributed by atoms with Gasteiger partial charge < -0.3 is 15.5 Å². The van der Waals surface area contributed by atoms with Gasteiger partial charge in [-0.15, -0.1) is 0 Å². The topological polar surface area (TPSA) is 69.6 Å². The van der Waals surface area contributed by atoms with Crippen LogP contribution >= 0.6 is 0 Å². The van der Waals surface area contributed by atoms with Crippen LogP contribution in [0.1, 0.15) is 35.7 Å². The van der Waals surface area contributed by atoms with E-state index in [4.69, 9.17) is 5.11 Å². The van der Waals surface area contributed by atoms with E-state index in [1.54, 1.807) is 12.1 Å². The Labute approximate surface area is 108 Å². The fraction of sp³-hybridized carbons (Fsp3) is 0.500. The van der Waals surface area contributed by atoms with Crippen molar-refractivity contribution in [2.24, 2.45) is 5.92 Å². The molecule has 0 spiro atoms. The maximum absolute atomic E-state index is 11.8. The second kappa shape index (κ2) is 7.01. The lowest BCUT2D eigenvalue weighted by atomic mass is 10.1. The number of hydrogen-bond acceptors (Lipinski definition) is 3. The van der Waals surface area contributed by atoms with Crippen molar-refractivity contribution in [1.82, 2.24) is 5.32 Å². The smallest absolute Gasteiger partial charge is 0.255 e. The molecule has 1 amide bonds. The Balaban J connectivity index is 2.43. The lowest BCUT2D eigenvalue weighted by molar-refractivity contribution is 0.0949. The Morgan fingerprint density at radius 3 is 2.83 bits per heavy atom. The van der Waals surface area contributed by atoms with Crippen molar-refractivity contribution in [2.75, 3.05) is 13.2 Å². The predicted molar refractivity (Wildman–Crippen MR) is 70.7 cm³/mol. The van der Waals surface area contributed by atoms with Gasteiger partial charge >= 0.3 is 0 Å². The minimum Gasteiger partial charge on any atom is -0.507 e. The van der Waals surface area contributed by atoms with Crippen LogP contribution in [0.4, 0.5) is 0 Å². The van der Waals surface area contributed by atoms with Crippen molar-refractivity contribution in [2.45, 2.75) is 26.7 Å². The lowest BCUT2D eigenvalue weighted by Crippen LogP contribution is -2.25. The van der Waals surface area contributed by atoms with Crippen LogP contribution in [0, 0.1) is 12.8 Å². The first kappa shape index (κ1) is 14.5. The summed E-state index contributed by atoms with van der Waals surface area (Å²) in [5.41, 5.74) is 1.25. The quantitative estimate of drug-likeness (QED) is 0.676. The van der Waals surface area contributed by atoms with Crippen LogP contribution in [0.5, 0.6) is 5.75 Å². The molecule has 4 heteroatoms. The van der Waals surface area contributed by atoms with Crippen molar-refractivity contribution in [3.8, 4) is 5.75 Å². The van der Waals surface area contributed by atoms with Gasteiger partial charge in [-0.3, -0.25) is 4.79 Å². The number of carbonyl (C=O) groups is 1. The van der Waals surface area contributed by atoms with E-state index < -0.39 is 0 Å². The molecule has 0 heterocycles. The average Bonchev–Trinajstić information content (AvgIpc) is 2.36. The molecule has 3 N–H and O–H groups in total. The van der Waals surface area contributed by atoms with E-state index in [1.165, 1.54) is 6.07 Å². The molecule has 1 atom stereocenters. The van der Waals surface area contributed by atoms with Crippen LogP contribution in [0.3, 0.4) is 0 Å². The van der Waals surface area contributed by atoms with Gasteiger partial charge in [0.05, 0.1) is 5.56 Å². The highest BCUT2D eigenvalue weighted by atomic mass is 16.3. The SMILES string of the molecule is Cc1ccc(O)c(C(=O)NCCCC(C)CO)c1. The van der Waals surface area contributed by atoms with E-state index in [9.17, 15) is 9.90 Å². The Kier molecular flexibility index (Phi) is 5.65. The van der Waals surface area contributed by atoms with Crippen molar-refractivity contribution in [3.05, 3.63) is 29.3 Å². The van der Waals surface area contributed by atoms with Crippen molar-refractivity contribution in [1.29, 1.82) is 0 Å². The number of phenolic OH excluding ortho intramolecular Hbond substituents is 1. The highest BCUT2D eigenvalue weighted by molar-refractivity contribution is 5.96. The molecule has 0 aliphatic heterocycles. The van der Waals surface area contributed by atoms with E-state index in [0.717, 1.165) is 18.4 Å². The monoisotopic (exact) mass is 251 g/mol. The summed E-state index contributed by atoms with van der Waals surface area (Å²) in [6.07, 6.45) is 1.69. The molecule has 0 aromatic heterocycles. The first-order valence-electron chi connectivity index (χ1n) is 6.23. The molecule has 0 bridgehead atoms. The summed E-state index contributed by atoms with van der Waals surface area (Å²) in [6, 6.07) is 4.95. The van der Waals surface area contributed by atoms with Crippen LogP contribution in [0.25, 0.3) is 0 Å². The van der Waals surface area contributed by atoms with Gasteiger partial charge in [0, 0.05) is 13.2 Å². The summed E-state index contributed by atoms with van der Waals surface area (Å²) in [7, 11) is 0. The molecule has 0 saturated heterocycles. The van der Waals surface area contributed by atoms with E-state index in [0.29, 0.717) is 12.1 Å². The van der Waals surface area contributed by atoms with Crippen molar-refractivity contribution < 1.29 is 15.0 Å². The van der Waals surface area contributed by atoms with Crippen LogP contribution in [-0.2, 0) is 0 Å². The first-order chi connectivity index (χ1) is 8.54. The summed E-state index contributed by atoms with van der Waals surface area (Å²) in [5, 5.41) is 21.2. The van der Waals surface area contributed by atoms with Crippen LogP contribution in [0.2, 0.25) is 0 Å². The normalized spacial score (nSPS) is 12.2. The molecule has 100 valence electrons. The van der Waals surface area contributed by atoms with Crippen molar-refractivity contribution in [3.63, 3.8) is 0 Å². The van der Waals surface area contributed by atoms with E-state index in [-0.39, 0.29) is 24.2 Å². The molecular weight excluding hydrogens is 230 g/mol. The van der Waals surface area contributed by atoms with Crippen molar-refractivity contribution >= 4 is 5.91 Å². The number of hydrogen-bond donors (Lipinski definition) is 3. The highest BCUT2D eigenvalue weighted by Crippen LogP contribution is 2.17. The number of carbonyl (C=O) groups excluding carboxylic acids is 1. The maximum atomic E-state index is 11.8. The third-order valence-corrected chi connectivity index (χ3v) is 2.87. The minimum atomic E-state index is -0.257. The second-order valence-corrected chi connectivity index (χ2v) is 4.71. The molecule has 1 aromatic rings. The molecule has 0 fully saturated rings. The van der Waals surface area contributed by atoms with Gasteiger partial charge in [0.1, 0.15) is 5.75 Å². The number of benzene rings is 1. The molecule has 4 nitrogen and oxygen atoms in total. The van der Waals surface area contributed by atoms with E-state index in [2.05, 4.69) is 5.32 Å². The molecule has 18 heavy (non-hydrogen) atoms. The molecule has 1 aromatic carbocycles. The van der Waals surface area contributed by atoms with Crippen LogP contribution < -0.4 is 5.32 Å². The fourth-order valence-electron chi connectivity index (χ4n) is 1.67. The largest absolute Gasteiger partial charge is 0.507 e. The zero-order valence-electron chi connectivity index (χ0n) is 10.9. The third-order valence-electron chi connectivity index (χ3n) is 2.87. The van der Waals surface area contributed by atoms with Gasteiger partial charge in [0.25, 0.3) is 5.91 Å². The third kappa shape index (κ3) is 4.37. The Morgan fingerprint density at radius 2 is 2.17 bits per heavy atom. The Bertz CT molecular complexity index is 404. The summed E-state index contributed by atoms with van der Waals surface area (Å²) in [5.74, 6) is 0.00366. The number of aliphatic hydroxyl groups excluding tert-OH is 1. The molecule has 0 aliphatic rings. The number of amides is 1. The summed E-state index contributed by atoms with van der Waals surface area (Å²) >= 11 is 0. The van der Waals surface area contributed by atoms with Gasteiger partial charge in [0.15, 0.2) is 0 Å². The Hall–Kier alpha value is -1.55. The van der Waals surface area contributed by atoms with Gasteiger partial charge in [0.2, 0.25) is 0 Å². The fourth-order valence-corrected chi connectivity index (χ4v) is 1.67. The van der Waals surface area contributed by atoms with Gasteiger partial charge in [-0.2, -0.15) is 0 Å². The van der Waals surface area contributed by atoms with Gasteiger partial charge in [-0.25, -0.2) is 0 Å². The molecule has 1 rings (SSSR count). The number of aryl methyl sites for hydroxylation is 1. The summed E-state index contributed by atoms with van der Waals surface area (Å²) in [6.45, 7) is 4.57. The van der Waals surface area contributed by atoms with Crippen LogP contribution in [0.15, 0.2) is 18.2 Å². The van der Waals surface area contributed by atoms with Gasteiger partial charge in [-0.1, -0.05) is 18.6 Å². The molecular formula is C14H21NO3. The highest BCUT2D eigenvalue weighted by Gasteiger charge is 2.10. The zero-order chi connectivity index (χ0) is 13.5. The number of aliphatic hydroxyl groups is 1. The van der Waals surface area contributed by atoms with E-state index in [1.807, 2.05) is 13.8 Å². The molecule has 0 aliphatic carbocycles. The standard InChI is InChI=1S/C14H21NO3/c1-10-5-6-13(17)12(8-10)14(18)15-7-3-4-11(2)9-16/h5-6,8,11,16-17H,3-4,7,9H2,1-2H3,(H,15,18). The molecule has 1 unspecified atom stereocenters. The zero-order valence-corrected chi connectivity index (χ0v) is 10.9. The minimum absolute atomic E-state index is 0.00169. The second-order valence-electron chi connectivity index (χ2n) is 4.71. The summed E-state index contributed by atoms with van der Waals surface area (Å²) < 4.78 is 0. The van der Waals surface area contributed by atoms with Gasteiger partial charge in [-0.05, 0) is 37.8 Å². The summed E-state index contributed by atoms with van der Waals surface area (Å²) in [4.78, 5) is 11.8. The lowest BCUT2D eigenvalue weighted by Gasteiger charge is -2.09. The molecule has 0 radical (unpaired) electrons. The number of nitrogens with one attached hydrogen (secondary N) is 1. The Morgan fingerprint density at radius 1 is 1.44 bits per heavy atom. The predicted octanol–water partition coefficient (Wildman–Crippen LogP) is 1.84. The van der Waals surface area contributed by atoms with E-state index >= 15 is 0 Å². The molecule has 0 saturated carbocycles. The maximum Gasteiger partial charge on any atom is 0.255 e. The number of rotatable bonds is 6. The number of aromatic hydroxyl groups is 1. The first-order valence-corrected chi connectivity index (χ1v) is 6.23. The van der Waals surface area contributed by atoms with Crippen LogP contribution in [-0.4, -0.2) is 29.3 Å². The number of phenols is 1. The average molecular weight is 251 g/mol.